The van der Waals surface area contributed by atoms with Gasteiger partial charge in [0.25, 0.3) is 5.91 Å². The zero-order valence-corrected chi connectivity index (χ0v) is 20.4. The second-order valence-corrected chi connectivity index (χ2v) is 10.6. The molecule has 1 heterocycles. The zero-order chi connectivity index (χ0) is 24.2. The van der Waals surface area contributed by atoms with Gasteiger partial charge in [-0.25, -0.2) is 8.42 Å². The van der Waals surface area contributed by atoms with Crippen molar-refractivity contribution in [3.8, 4) is 5.75 Å². The van der Waals surface area contributed by atoms with E-state index in [1.165, 1.54) is 11.6 Å². The second kappa shape index (κ2) is 10.5. The Morgan fingerprint density at radius 3 is 2.58 bits per heavy atom. The summed E-state index contributed by atoms with van der Waals surface area (Å²) in [5.41, 5.74) is 1.75. The van der Waals surface area contributed by atoms with Gasteiger partial charge in [0, 0.05) is 31.2 Å². The predicted octanol–water partition coefficient (Wildman–Crippen LogP) is 2.41. The van der Waals surface area contributed by atoms with E-state index in [9.17, 15) is 18.3 Å². The number of hydrogen-bond acceptors (Lipinski definition) is 6. The van der Waals surface area contributed by atoms with E-state index < -0.39 is 10.0 Å². The number of amides is 1. The first kappa shape index (κ1) is 25.0. The Morgan fingerprint density at radius 1 is 1.24 bits per heavy atom. The number of fused-ring (bicyclic) bond motifs is 1. The van der Waals surface area contributed by atoms with Gasteiger partial charge < -0.3 is 14.7 Å². The summed E-state index contributed by atoms with van der Waals surface area (Å²) >= 11 is 0. The molecule has 180 valence electrons. The van der Waals surface area contributed by atoms with Crippen molar-refractivity contribution < 1.29 is 23.1 Å². The molecule has 0 radical (unpaired) electrons. The molecule has 0 aromatic heterocycles. The number of ether oxygens (including phenoxy) is 1. The average molecular weight is 476 g/mol. The van der Waals surface area contributed by atoms with Gasteiger partial charge >= 0.3 is 0 Å². The van der Waals surface area contributed by atoms with E-state index in [-0.39, 0.29) is 41.8 Å². The van der Waals surface area contributed by atoms with Crippen molar-refractivity contribution in [3.63, 3.8) is 0 Å². The van der Waals surface area contributed by atoms with Gasteiger partial charge in [-0.2, -0.15) is 0 Å². The highest BCUT2D eigenvalue weighted by molar-refractivity contribution is 7.92. The van der Waals surface area contributed by atoms with Gasteiger partial charge in [-0.1, -0.05) is 37.3 Å². The molecule has 0 saturated carbocycles. The monoisotopic (exact) mass is 475 g/mol. The first-order valence-corrected chi connectivity index (χ1v) is 12.9. The number of benzene rings is 2. The Labute approximate surface area is 196 Å². The van der Waals surface area contributed by atoms with Gasteiger partial charge in [0.05, 0.1) is 24.5 Å². The summed E-state index contributed by atoms with van der Waals surface area (Å²) in [6, 6.07) is 14.5. The Kier molecular flexibility index (Phi) is 7.99. The lowest BCUT2D eigenvalue weighted by Gasteiger charge is -2.38. The molecule has 0 saturated heterocycles. The van der Waals surface area contributed by atoms with Gasteiger partial charge in [0.1, 0.15) is 11.9 Å². The molecule has 2 N–H and O–H groups in total. The molecule has 0 unspecified atom stereocenters. The second-order valence-electron chi connectivity index (χ2n) is 8.89. The van der Waals surface area contributed by atoms with Crippen molar-refractivity contribution in [2.24, 2.45) is 5.92 Å². The molecule has 1 aliphatic heterocycles. The minimum atomic E-state index is -3.50. The Balaban J connectivity index is 1.91. The van der Waals surface area contributed by atoms with Crippen LogP contribution < -0.4 is 9.46 Å². The summed E-state index contributed by atoms with van der Waals surface area (Å²) in [6.07, 6.45) is 0.843. The topological polar surface area (TPSA) is 99.2 Å². The molecule has 3 rings (SSSR count). The molecule has 8 nitrogen and oxygen atoms in total. The molecule has 3 atom stereocenters. The van der Waals surface area contributed by atoms with Crippen LogP contribution in [0.2, 0.25) is 0 Å². The number of nitrogens with zero attached hydrogens (tertiary/aromatic N) is 2. The molecule has 0 bridgehead atoms. The fraction of sp³-hybridized carbons (Fsp3) is 0.458. The van der Waals surface area contributed by atoms with Crippen LogP contribution in [0.1, 0.15) is 29.8 Å². The van der Waals surface area contributed by atoms with E-state index in [1.54, 1.807) is 24.0 Å². The molecule has 1 amide bonds. The number of rotatable bonds is 8. The molecule has 0 aliphatic carbocycles. The largest absolute Gasteiger partial charge is 0.488 e. The van der Waals surface area contributed by atoms with Crippen LogP contribution in [0.3, 0.4) is 0 Å². The molecule has 9 heteroatoms. The summed E-state index contributed by atoms with van der Waals surface area (Å²) < 4.78 is 32.1. The SMILES string of the molecule is C[C@H](CO)N1C[C@H](C)[C@@H](CN(C)Cc2ccccc2)Oc2ccc(NS(C)(=O)=O)cc2C1=O. The van der Waals surface area contributed by atoms with E-state index in [2.05, 4.69) is 21.8 Å². The normalized spacial score (nSPS) is 19.9. The molecular formula is C24H33N3O5S. The molecule has 1 aliphatic rings. The molecule has 33 heavy (non-hydrogen) atoms. The highest BCUT2D eigenvalue weighted by Crippen LogP contribution is 2.31. The van der Waals surface area contributed by atoms with Crippen LogP contribution in [0.4, 0.5) is 5.69 Å². The third-order valence-corrected chi connectivity index (χ3v) is 6.36. The van der Waals surface area contributed by atoms with Gasteiger partial charge in [0.2, 0.25) is 10.0 Å². The summed E-state index contributed by atoms with van der Waals surface area (Å²) in [4.78, 5) is 17.2. The van der Waals surface area contributed by atoms with E-state index in [4.69, 9.17) is 4.74 Å². The number of carbonyl (C=O) groups excluding carboxylic acids is 1. The van der Waals surface area contributed by atoms with Crippen molar-refractivity contribution in [1.29, 1.82) is 0 Å². The smallest absolute Gasteiger partial charge is 0.258 e. The summed E-state index contributed by atoms with van der Waals surface area (Å²) in [7, 11) is -1.47. The summed E-state index contributed by atoms with van der Waals surface area (Å²) in [5.74, 6) is 0.105. The Hall–Kier alpha value is -2.62. The molecule has 2 aromatic carbocycles. The first-order chi connectivity index (χ1) is 15.6. The highest BCUT2D eigenvalue weighted by atomic mass is 32.2. The lowest BCUT2D eigenvalue weighted by molar-refractivity contribution is 0.0341. The van der Waals surface area contributed by atoms with Crippen molar-refractivity contribution in [2.45, 2.75) is 32.5 Å². The summed E-state index contributed by atoms with van der Waals surface area (Å²) in [6.45, 7) is 5.46. The maximum absolute atomic E-state index is 13.4. The van der Waals surface area contributed by atoms with E-state index in [0.29, 0.717) is 18.8 Å². The fourth-order valence-corrected chi connectivity index (χ4v) is 4.54. The predicted molar refractivity (Wildman–Crippen MR) is 129 cm³/mol. The molecule has 0 fully saturated rings. The Bertz CT molecular complexity index is 1060. The van der Waals surface area contributed by atoms with Gasteiger partial charge in [-0.15, -0.1) is 0 Å². The number of sulfonamides is 1. The van der Waals surface area contributed by atoms with Crippen LogP contribution in [-0.2, 0) is 16.6 Å². The lowest BCUT2D eigenvalue weighted by atomic mass is 9.99. The molecular weight excluding hydrogens is 442 g/mol. The van der Waals surface area contributed by atoms with Crippen molar-refractivity contribution in [3.05, 3.63) is 59.7 Å². The van der Waals surface area contributed by atoms with Crippen molar-refractivity contribution in [1.82, 2.24) is 9.80 Å². The third kappa shape index (κ3) is 6.69. The third-order valence-electron chi connectivity index (χ3n) is 5.75. The maximum Gasteiger partial charge on any atom is 0.258 e. The van der Waals surface area contributed by atoms with E-state index in [0.717, 1.165) is 12.8 Å². The van der Waals surface area contributed by atoms with Gasteiger partial charge in [-0.05, 0) is 37.7 Å². The Morgan fingerprint density at radius 2 is 1.94 bits per heavy atom. The number of aliphatic hydroxyl groups is 1. The number of nitrogens with one attached hydrogen (secondary N) is 1. The number of likely N-dealkylation sites (N-methyl/N-ethyl adjacent to an activating group) is 1. The van der Waals surface area contributed by atoms with E-state index in [1.807, 2.05) is 32.2 Å². The molecule has 2 aromatic rings. The minimum absolute atomic E-state index is 0.00291. The van der Waals surface area contributed by atoms with E-state index >= 15 is 0 Å². The average Bonchev–Trinajstić information content (AvgIpc) is 2.75. The standard InChI is InChI=1S/C24H33N3O5S/c1-17-13-27(18(2)16-28)24(29)21-12-20(25-33(4,30)31)10-11-22(21)32-23(17)15-26(3)14-19-8-6-5-7-9-19/h5-12,17-18,23,25,28H,13-16H2,1-4H3/t17-,18+,23+/m0/s1. The number of anilines is 1. The zero-order valence-electron chi connectivity index (χ0n) is 19.6. The lowest BCUT2D eigenvalue weighted by Crippen LogP contribution is -2.49. The quantitative estimate of drug-likeness (QED) is 0.608. The number of hydrogen-bond donors (Lipinski definition) is 2. The van der Waals surface area contributed by atoms with Gasteiger partial charge in [0.15, 0.2) is 0 Å². The number of carbonyl (C=O) groups is 1. The number of aliphatic hydroxyl groups excluding tert-OH is 1. The van der Waals surface area contributed by atoms with Crippen LogP contribution in [0.5, 0.6) is 5.75 Å². The fourth-order valence-electron chi connectivity index (χ4n) is 3.98. The van der Waals surface area contributed by atoms with Crippen LogP contribution >= 0.6 is 0 Å². The van der Waals surface area contributed by atoms with Gasteiger partial charge in [-0.3, -0.25) is 14.4 Å². The summed E-state index contributed by atoms with van der Waals surface area (Å²) in [5, 5.41) is 9.76. The molecule has 0 spiro atoms. The first-order valence-electron chi connectivity index (χ1n) is 11.0. The minimum Gasteiger partial charge on any atom is -0.488 e. The van der Waals surface area contributed by atoms with Crippen LogP contribution in [0, 0.1) is 5.92 Å². The van der Waals surface area contributed by atoms with Crippen LogP contribution in [0.25, 0.3) is 0 Å². The maximum atomic E-state index is 13.4. The van der Waals surface area contributed by atoms with Crippen molar-refractivity contribution in [2.75, 3.05) is 37.7 Å². The van der Waals surface area contributed by atoms with Crippen LogP contribution in [0.15, 0.2) is 48.5 Å². The van der Waals surface area contributed by atoms with Crippen molar-refractivity contribution >= 4 is 21.6 Å². The van der Waals surface area contributed by atoms with Crippen LogP contribution in [-0.4, -0.2) is 74.4 Å². The highest BCUT2D eigenvalue weighted by Gasteiger charge is 2.33.